The van der Waals surface area contributed by atoms with Crippen LogP contribution in [0.2, 0.25) is 0 Å². The van der Waals surface area contributed by atoms with E-state index in [1.54, 1.807) is 24.3 Å². The van der Waals surface area contributed by atoms with Gasteiger partial charge in [0.15, 0.2) is 6.10 Å². The van der Waals surface area contributed by atoms with E-state index in [0.29, 0.717) is 17.9 Å². The van der Waals surface area contributed by atoms with Crippen LogP contribution in [0.5, 0.6) is 5.75 Å². The third-order valence-corrected chi connectivity index (χ3v) is 2.44. The zero-order valence-corrected chi connectivity index (χ0v) is 10.5. The van der Waals surface area contributed by atoms with E-state index >= 15 is 0 Å². The van der Waals surface area contributed by atoms with Crippen LogP contribution in [0.4, 0.5) is 0 Å². The number of rotatable bonds is 6. The topological polar surface area (TPSA) is 76.0 Å². The number of carbonyl (C=O) groups is 1. The first-order valence-corrected chi connectivity index (χ1v) is 5.76. The van der Waals surface area contributed by atoms with E-state index in [1.807, 2.05) is 6.92 Å². The van der Waals surface area contributed by atoms with E-state index in [9.17, 15) is 15.0 Å². The quantitative estimate of drug-likeness (QED) is 0.742. The number of aliphatic hydroxyl groups is 2. The summed E-state index contributed by atoms with van der Waals surface area (Å²) < 4.78 is 9.74. The fourth-order valence-corrected chi connectivity index (χ4v) is 1.41. The molecule has 0 saturated heterocycles. The van der Waals surface area contributed by atoms with E-state index in [4.69, 9.17) is 4.74 Å². The Morgan fingerprint density at radius 3 is 2.39 bits per heavy atom. The molecule has 0 heterocycles. The Kier molecular flexibility index (Phi) is 5.61. The molecular weight excluding hydrogens is 236 g/mol. The van der Waals surface area contributed by atoms with Gasteiger partial charge >= 0.3 is 5.97 Å². The lowest BCUT2D eigenvalue weighted by Gasteiger charge is -2.16. The molecule has 1 rings (SSSR count). The van der Waals surface area contributed by atoms with Crippen LogP contribution in [0.1, 0.15) is 25.0 Å². The number of benzene rings is 1. The monoisotopic (exact) mass is 254 g/mol. The average molecular weight is 254 g/mol. The molecule has 0 saturated carbocycles. The number of carbonyl (C=O) groups excluding carboxylic acids is 1. The Bertz CT molecular complexity index is 373. The highest BCUT2D eigenvalue weighted by Gasteiger charge is 2.26. The van der Waals surface area contributed by atoms with Crippen molar-refractivity contribution in [1.29, 1.82) is 0 Å². The SMILES string of the molecule is CCCOc1ccc(C(O)C(O)C(=O)OC)cc1. The predicted molar refractivity (Wildman–Crippen MR) is 65.2 cm³/mol. The largest absolute Gasteiger partial charge is 0.494 e. The van der Waals surface area contributed by atoms with E-state index in [1.165, 1.54) is 0 Å². The summed E-state index contributed by atoms with van der Waals surface area (Å²) in [5.41, 5.74) is 0.428. The fourth-order valence-electron chi connectivity index (χ4n) is 1.41. The minimum Gasteiger partial charge on any atom is -0.494 e. The fraction of sp³-hybridized carbons (Fsp3) is 0.462. The summed E-state index contributed by atoms with van der Waals surface area (Å²) in [7, 11) is 1.15. The molecule has 5 nitrogen and oxygen atoms in total. The molecule has 0 amide bonds. The molecule has 2 atom stereocenters. The van der Waals surface area contributed by atoms with Crippen LogP contribution < -0.4 is 4.74 Å². The highest BCUT2D eigenvalue weighted by molar-refractivity contribution is 5.75. The summed E-state index contributed by atoms with van der Waals surface area (Å²) in [5.74, 6) is -0.186. The Balaban J connectivity index is 2.69. The van der Waals surface area contributed by atoms with Gasteiger partial charge in [-0.15, -0.1) is 0 Å². The number of ether oxygens (including phenoxy) is 2. The predicted octanol–water partition coefficient (Wildman–Crippen LogP) is 1.04. The molecule has 100 valence electrons. The maximum Gasteiger partial charge on any atom is 0.337 e. The zero-order chi connectivity index (χ0) is 13.5. The van der Waals surface area contributed by atoms with Gasteiger partial charge in [-0.2, -0.15) is 0 Å². The van der Waals surface area contributed by atoms with Gasteiger partial charge in [-0.3, -0.25) is 0 Å². The molecule has 0 bridgehead atoms. The molecule has 0 fully saturated rings. The van der Waals surface area contributed by atoms with Crippen LogP contribution in [0.25, 0.3) is 0 Å². The first-order valence-electron chi connectivity index (χ1n) is 5.76. The van der Waals surface area contributed by atoms with E-state index < -0.39 is 18.2 Å². The molecule has 0 aliphatic heterocycles. The van der Waals surface area contributed by atoms with Crippen LogP contribution >= 0.6 is 0 Å². The van der Waals surface area contributed by atoms with Gasteiger partial charge in [0.05, 0.1) is 13.7 Å². The van der Waals surface area contributed by atoms with Crippen LogP contribution in [0, 0.1) is 0 Å². The van der Waals surface area contributed by atoms with Crippen LogP contribution in [0.15, 0.2) is 24.3 Å². The van der Waals surface area contributed by atoms with Crippen molar-refractivity contribution in [3.05, 3.63) is 29.8 Å². The second-order valence-electron chi connectivity index (χ2n) is 3.83. The maximum absolute atomic E-state index is 11.1. The van der Waals surface area contributed by atoms with Gasteiger partial charge in [-0.25, -0.2) is 4.79 Å². The van der Waals surface area contributed by atoms with Crippen molar-refractivity contribution < 1.29 is 24.5 Å². The van der Waals surface area contributed by atoms with Crippen LogP contribution in [0.3, 0.4) is 0 Å². The molecule has 2 unspecified atom stereocenters. The van der Waals surface area contributed by atoms with Gasteiger partial charge in [-0.1, -0.05) is 19.1 Å². The smallest absolute Gasteiger partial charge is 0.337 e. The second-order valence-corrected chi connectivity index (χ2v) is 3.83. The third-order valence-electron chi connectivity index (χ3n) is 2.44. The van der Waals surface area contributed by atoms with Gasteiger partial charge in [0.2, 0.25) is 0 Å². The first-order chi connectivity index (χ1) is 8.60. The van der Waals surface area contributed by atoms with Crippen molar-refractivity contribution in [2.24, 2.45) is 0 Å². The molecule has 0 aromatic heterocycles. The van der Waals surface area contributed by atoms with E-state index in [2.05, 4.69) is 4.74 Å². The Labute approximate surface area is 106 Å². The van der Waals surface area contributed by atoms with Crippen molar-refractivity contribution in [3.63, 3.8) is 0 Å². The number of hydrogen-bond donors (Lipinski definition) is 2. The second kappa shape index (κ2) is 6.98. The first kappa shape index (κ1) is 14.5. The van der Waals surface area contributed by atoms with Gasteiger partial charge < -0.3 is 19.7 Å². The summed E-state index contributed by atoms with van der Waals surface area (Å²) in [6, 6.07) is 6.56. The zero-order valence-electron chi connectivity index (χ0n) is 10.5. The maximum atomic E-state index is 11.1. The average Bonchev–Trinajstić information content (AvgIpc) is 2.43. The van der Waals surface area contributed by atoms with Gasteiger partial charge in [-0.05, 0) is 24.1 Å². The normalized spacial score (nSPS) is 13.8. The highest BCUT2D eigenvalue weighted by atomic mass is 16.5. The van der Waals surface area contributed by atoms with Crippen molar-refractivity contribution in [2.75, 3.05) is 13.7 Å². The molecule has 0 radical (unpaired) electrons. The Hall–Kier alpha value is -1.59. The number of esters is 1. The van der Waals surface area contributed by atoms with Gasteiger partial charge in [0.1, 0.15) is 11.9 Å². The highest BCUT2D eigenvalue weighted by Crippen LogP contribution is 2.21. The molecule has 0 spiro atoms. The van der Waals surface area contributed by atoms with E-state index in [0.717, 1.165) is 13.5 Å². The summed E-state index contributed by atoms with van der Waals surface area (Å²) in [6.45, 7) is 2.62. The lowest BCUT2D eigenvalue weighted by atomic mass is 10.0. The lowest BCUT2D eigenvalue weighted by Crippen LogP contribution is -2.28. The summed E-state index contributed by atoms with van der Waals surface area (Å²) in [5, 5.41) is 19.3. The number of hydrogen-bond acceptors (Lipinski definition) is 5. The summed E-state index contributed by atoms with van der Waals surface area (Å²) >= 11 is 0. The van der Waals surface area contributed by atoms with Crippen LogP contribution in [-0.2, 0) is 9.53 Å². The summed E-state index contributed by atoms with van der Waals surface area (Å²) in [6.07, 6.45) is -1.99. The van der Waals surface area contributed by atoms with Crippen molar-refractivity contribution >= 4 is 5.97 Å². The van der Waals surface area contributed by atoms with Crippen molar-refractivity contribution in [2.45, 2.75) is 25.6 Å². The molecule has 1 aromatic rings. The van der Waals surface area contributed by atoms with E-state index in [-0.39, 0.29) is 0 Å². The van der Waals surface area contributed by atoms with Crippen molar-refractivity contribution in [1.82, 2.24) is 0 Å². The van der Waals surface area contributed by atoms with Crippen LogP contribution in [-0.4, -0.2) is 36.0 Å². The molecule has 18 heavy (non-hydrogen) atoms. The lowest BCUT2D eigenvalue weighted by molar-refractivity contribution is -0.156. The number of methoxy groups -OCH3 is 1. The molecule has 2 N–H and O–H groups in total. The molecule has 0 aliphatic carbocycles. The molecular formula is C13H18O5. The molecule has 5 heteroatoms. The third kappa shape index (κ3) is 3.72. The van der Waals surface area contributed by atoms with Crippen molar-refractivity contribution in [3.8, 4) is 5.75 Å². The minimum absolute atomic E-state index is 0.428. The summed E-state index contributed by atoms with van der Waals surface area (Å²) in [4.78, 5) is 11.1. The molecule has 0 aliphatic rings. The number of aliphatic hydroxyl groups excluding tert-OH is 2. The Morgan fingerprint density at radius 1 is 1.28 bits per heavy atom. The Morgan fingerprint density at radius 2 is 1.89 bits per heavy atom. The standard InChI is InChI=1S/C13H18O5/c1-3-8-18-10-6-4-9(5-7-10)11(14)12(15)13(16)17-2/h4-7,11-12,14-15H,3,8H2,1-2H3. The van der Waals surface area contributed by atoms with Gasteiger partial charge in [0.25, 0.3) is 0 Å². The van der Waals surface area contributed by atoms with Gasteiger partial charge in [0, 0.05) is 0 Å². The molecule has 1 aromatic carbocycles. The minimum atomic E-state index is -1.59.